The highest BCUT2D eigenvalue weighted by Gasteiger charge is 2.49. The van der Waals surface area contributed by atoms with Gasteiger partial charge in [-0.1, -0.05) is 23.2 Å². The van der Waals surface area contributed by atoms with Crippen LogP contribution in [0.5, 0.6) is 5.75 Å². The Hall–Kier alpha value is -1.84. The number of benzene rings is 2. The number of hydrogen-bond acceptors (Lipinski definition) is 5. The summed E-state index contributed by atoms with van der Waals surface area (Å²) in [7, 11) is -4.01. The van der Waals surface area contributed by atoms with Gasteiger partial charge in [-0.25, -0.2) is 17.7 Å². The van der Waals surface area contributed by atoms with Crippen LogP contribution in [0.2, 0.25) is 10.0 Å². The lowest BCUT2D eigenvalue weighted by Crippen LogP contribution is -2.68. The van der Waals surface area contributed by atoms with Crippen LogP contribution in [0.1, 0.15) is 31.2 Å². The molecule has 2 aromatic rings. The van der Waals surface area contributed by atoms with E-state index in [1.165, 1.54) is 24.3 Å². The van der Waals surface area contributed by atoms with Crippen molar-refractivity contribution in [2.75, 3.05) is 26.2 Å². The van der Waals surface area contributed by atoms with Crippen molar-refractivity contribution < 1.29 is 22.4 Å². The molecule has 0 aliphatic carbocycles. The minimum absolute atomic E-state index is 0.0187. The van der Waals surface area contributed by atoms with Crippen LogP contribution < -0.4 is 14.8 Å². The zero-order valence-corrected chi connectivity index (χ0v) is 21.4. The summed E-state index contributed by atoms with van der Waals surface area (Å²) in [6.45, 7) is 4.61. The van der Waals surface area contributed by atoms with Crippen LogP contribution >= 0.6 is 23.2 Å². The smallest absolute Gasteiger partial charge is 0.430 e. The molecule has 2 amide bonds. The van der Waals surface area contributed by atoms with E-state index in [0.29, 0.717) is 36.0 Å². The molecule has 2 fully saturated rings. The van der Waals surface area contributed by atoms with Crippen molar-refractivity contribution >= 4 is 39.3 Å². The third-order valence-electron chi connectivity index (χ3n) is 6.89. The van der Waals surface area contributed by atoms with E-state index < -0.39 is 16.1 Å². The van der Waals surface area contributed by atoms with Crippen molar-refractivity contribution in [3.05, 3.63) is 58.1 Å². The molecule has 0 aromatic heterocycles. The second-order valence-corrected chi connectivity index (χ2v) is 11.6. The number of nitrogens with one attached hydrogen (secondary N) is 2. The Labute approximate surface area is 211 Å². The average molecular weight is 527 g/mol. The van der Waals surface area contributed by atoms with Gasteiger partial charge >= 0.3 is 6.03 Å². The third kappa shape index (κ3) is 5.52. The number of aryl methyl sites for hydroxylation is 1. The Morgan fingerprint density at radius 1 is 1.00 bits per heavy atom. The van der Waals surface area contributed by atoms with Gasteiger partial charge in [0.25, 0.3) is 10.0 Å². The van der Waals surface area contributed by atoms with E-state index in [1.807, 2.05) is 19.1 Å². The number of rotatable bonds is 5. The largest absolute Gasteiger partial charge is 0.490 e. The fourth-order valence-electron chi connectivity index (χ4n) is 4.96. The van der Waals surface area contributed by atoms with Crippen molar-refractivity contribution in [1.82, 2.24) is 10.0 Å². The first-order valence-electron chi connectivity index (χ1n) is 11.5. The molecule has 0 radical (unpaired) electrons. The summed E-state index contributed by atoms with van der Waals surface area (Å²) in [5.41, 5.74) is 0.962. The Bertz CT molecular complexity index is 1130. The summed E-state index contributed by atoms with van der Waals surface area (Å²) in [5, 5.41) is 4.43. The lowest BCUT2D eigenvalue weighted by atomic mass is 9.96. The van der Waals surface area contributed by atoms with E-state index in [0.717, 1.165) is 37.2 Å². The monoisotopic (exact) mass is 526 g/mol. The van der Waals surface area contributed by atoms with E-state index >= 15 is 0 Å². The second-order valence-electron chi connectivity index (χ2n) is 9.05. The number of sulfonamides is 1. The van der Waals surface area contributed by atoms with E-state index in [2.05, 4.69) is 10.0 Å². The van der Waals surface area contributed by atoms with E-state index in [4.69, 9.17) is 27.9 Å². The van der Waals surface area contributed by atoms with Crippen molar-refractivity contribution in [2.24, 2.45) is 0 Å². The standard InChI is InChI=1S/C24H29Cl2N3O4S/c1-17-16-19(26)4-7-23(17)33-21-10-14-29(15-11-21,20-8-12-27-13-9-20)24(30)28-34(31,32)22-5-2-18(25)3-6-22/h2-7,16,20-21,27H,8-15H2,1H3/p+1. The van der Waals surface area contributed by atoms with Gasteiger partial charge in [0.1, 0.15) is 11.9 Å². The summed E-state index contributed by atoms with van der Waals surface area (Å²) in [5.74, 6) is 0.783. The van der Waals surface area contributed by atoms with Gasteiger partial charge in [-0.05, 0) is 55.0 Å². The predicted octanol–water partition coefficient (Wildman–Crippen LogP) is 4.51. The number of carbonyl (C=O) groups is 1. The molecule has 184 valence electrons. The minimum Gasteiger partial charge on any atom is -0.490 e. The van der Waals surface area contributed by atoms with Crippen LogP contribution in [0.3, 0.4) is 0 Å². The molecule has 0 unspecified atom stereocenters. The van der Waals surface area contributed by atoms with E-state index in [1.54, 1.807) is 6.07 Å². The number of likely N-dealkylation sites (tertiary alicyclic amines) is 1. The molecule has 34 heavy (non-hydrogen) atoms. The summed E-state index contributed by atoms with van der Waals surface area (Å²) >= 11 is 12.0. The zero-order valence-electron chi connectivity index (χ0n) is 19.1. The number of urea groups is 1. The molecule has 2 aromatic carbocycles. The SMILES string of the molecule is Cc1cc(Cl)ccc1OC1CC[N+](C(=O)NS(=O)(=O)c2ccc(Cl)cc2)(C2CCNCC2)CC1. The molecule has 0 saturated carbocycles. The molecule has 2 aliphatic heterocycles. The fraction of sp³-hybridized carbons (Fsp3) is 0.458. The first-order chi connectivity index (χ1) is 16.2. The molecule has 0 spiro atoms. The van der Waals surface area contributed by atoms with Crippen molar-refractivity contribution in [3.63, 3.8) is 0 Å². The lowest BCUT2D eigenvalue weighted by molar-refractivity contribution is -0.882. The lowest BCUT2D eigenvalue weighted by Gasteiger charge is -2.47. The Morgan fingerprint density at radius 3 is 2.24 bits per heavy atom. The number of piperidine rings is 2. The molecule has 7 nitrogen and oxygen atoms in total. The molecule has 0 atom stereocenters. The van der Waals surface area contributed by atoms with Crippen molar-refractivity contribution in [3.8, 4) is 5.75 Å². The number of carbonyl (C=O) groups excluding carboxylic acids is 1. The number of halogens is 2. The average Bonchev–Trinajstić information content (AvgIpc) is 2.82. The summed E-state index contributed by atoms with van der Waals surface area (Å²) < 4.78 is 34.6. The minimum atomic E-state index is -4.01. The van der Waals surface area contributed by atoms with Gasteiger partial charge in [0.05, 0.1) is 24.0 Å². The Kier molecular flexibility index (Phi) is 7.74. The molecular weight excluding hydrogens is 497 g/mol. The number of ether oxygens (including phenoxy) is 1. The van der Waals surface area contributed by atoms with Crippen LogP contribution in [0.25, 0.3) is 0 Å². The van der Waals surface area contributed by atoms with Crippen LogP contribution in [-0.4, -0.2) is 57.3 Å². The molecule has 4 rings (SSSR count). The maximum atomic E-state index is 13.6. The third-order valence-corrected chi connectivity index (χ3v) is 8.71. The fourth-order valence-corrected chi connectivity index (χ4v) is 6.34. The second kappa shape index (κ2) is 10.4. The number of quaternary nitrogens is 1. The molecular formula is C24H30Cl2N3O4S+. The molecule has 0 bridgehead atoms. The normalized spacial score (nSPS) is 23.9. The predicted molar refractivity (Wildman–Crippen MR) is 133 cm³/mol. The summed E-state index contributed by atoms with van der Waals surface area (Å²) in [6, 6.07) is 10.9. The zero-order chi connectivity index (χ0) is 24.3. The number of hydrogen-bond donors (Lipinski definition) is 2. The van der Waals surface area contributed by atoms with Gasteiger partial charge in [-0.2, -0.15) is 4.72 Å². The van der Waals surface area contributed by atoms with Crippen molar-refractivity contribution in [2.45, 2.75) is 49.6 Å². The first-order valence-corrected chi connectivity index (χ1v) is 13.8. The maximum absolute atomic E-state index is 13.6. The molecule has 2 aliphatic rings. The topological polar surface area (TPSA) is 84.5 Å². The van der Waals surface area contributed by atoms with Crippen LogP contribution in [0.4, 0.5) is 4.79 Å². The van der Waals surface area contributed by atoms with Gasteiger partial charge in [0.2, 0.25) is 0 Å². The van der Waals surface area contributed by atoms with Crippen LogP contribution in [0, 0.1) is 6.92 Å². The Balaban J connectivity index is 1.52. The quantitative estimate of drug-likeness (QED) is 0.559. The highest BCUT2D eigenvalue weighted by Crippen LogP contribution is 2.32. The van der Waals surface area contributed by atoms with Crippen LogP contribution in [0.15, 0.2) is 47.4 Å². The summed E-state index contributed by atoms with van der Waals surface area (Å²) in [4.78, 5) is 13.6. The van der Waals surface area contributed by atoms with E-state index in [9.17, 15) is 13.2 Å². The van der Waals surface area contributed by atoms with Gasteiger partial charge in [-0.3, -0.25) is 0 Å². The molecule has 2 saturated heterocycles. The maximum Gasteiger partial charge on any atom is 0.430 e. The van der Waals surface area contributed by atoms with E-state index in [-0.39, 0.29) is 21.5 Å². The number of amides is 2. The van der Waals surface area contributed by atoms with Gasteiger partial charge in [0, 0.05) is 48.8 Å². The molecule has 10 heteroatoms. The van der Waals surface area contributed by atoms with Crippen LogP contribution in [-0.2, 0) is 10.0 Å². The highest BCUT2D eigenvalue weighted by atomic mass is 35.5. The first kappa shape index (κ1) is 25.3. The highest BCUT2D eigenvalue weighted by molar-refractivity contribution is 7.90. The Morgan fingerprint density at radius 2 is 1.62 bits per heavy atom. The molecule has 2 heterocycles. The summed E-state index contributed by atoms with van der Waals surface area (Å²) in [6.07, 6.45) is 2.89. The van der Waals surface area contributed by atoms with Gasteiger partial charge < -0.3 is 10.1 Å². The van der Waals surface area contributed by atoms with Crippen molar-refractivity contribution in [1.29, 1.82) is 0 Å². The number of nitrogens with zero attached hydrogens (tertiary/aromatic N) is 1. The molecule has 2 N–H and O–H groups in total. The van der Waals surface area contributed by atoms with Gasteiger partial charge in [0.15, 0.2) is 0 Å². The van der Waals surface area contributed by atoms with Gasteiger partial charge in [-0.15, -0.1) is 0 Å².